The molecule has 12 heteroatoms. The fourth-order valence-corrected chi connectivity index (χ4v) is 3.90. The van der Waals surface area contributed by atoms with E-state index in [1.165, 1.54) is 0 Å². The molecule has 0 aromatic carbocycles. The van der Waals surface area contributed by atoms with E-state index in [-0.39, 0.29) is 31.7 Å². The Labute approximate surface area is 198 Å². The van der Waals surface area contributed by atoms with E-state index in [1.54, 1.807) is 23.4 Å². The van der Waals surface area contributed by atoms with E-state index in [0.717, 1.165) is 0 Å². The van der Waals surface area contributed by atoms with Crippen LogP contribution >= 0.6 is 0 Å². The number of amides is 1. The van der Waals surface area contributed by atoms with Crippen molar-refractivity contribution in [3.8, 4) is 11.3 Å². The first-order chi connectivity index (χ1) is 16.1. The van der Waals surface area contributed by atoms with E-state index in [1.807, 2.05) is 20.8 Å². The smallest absolute Gasteiger partial charge is 0.410 e. The van der Waals surface area contributed by atoms with Crippen LogP contribution in [0.15, 0.2) is 18.5 Å². The van der Waals surface area contributed by atoms with Gasteiger partial charge in [0.05, 0.1) is 50.2 Å². The molecule has 0 spiro atoms. The second-order valence-electron chi connectivity index (χ2n) is 9.79. The van der Waals surface area contributed by atoms with Gasteiger partial charge in [0, 0.05) is 30.6 Å². The normalized spacial score (nSPS) is 20.0. The van der Waals surface area contributed by atoms with Crippen LogP contribution in [0.2, 0.25) is 0 Å². The van der Waals surface area contributed by atoms with Crippen LogP contribution in [-0.2, 0) is 9.47 Å². The Morgan fingerprint density at radius 3 is 2.65 bits per heavy atom. The highest BCUT2D eigenvalue weighted by molar-refractivity contribution is 5.71. The highest BCUT2D eigenvalue weighted by Gasteiger charge is 2.46. The molecule has 4 rings (SSSR count). The number of aliphatic hydroxyl groups excluding tert-OH is 1. The summed E-state index contributed by atoms with van der Waals surface area (Å²) < 4.78 is 11.0. The number of hydrogen-bond acceptors (Lipinski definition) is 11. The van der Waals surface area contributed by atoms with Crippen LogP contribution in [-0.4, -0.2) is 92.7 Å². The molecule has 2 fully saturated rings. The van der Waals surface area contributed by atoms with Gasteiger partial charge in [0.2, 0.25) is 11.9 Å². The van der Waals surface area contributed by atoms with Crippen molar-refractivity contribution in [3.05, 3.63) is 18.5 Å². The molecule has 1 amide bonds. The summed E-state index contributed by atoms with van der Waals surface area (Å²) in [6.07, 6.45) is 2.80. The highest BCUT2D eigenvalue weighted by atomic mass is 16.6. The quantitative estimate of drug-likeness (QED) is 0.574. The molecule has 0 aliphatic carbocycles. The highest BCUT2D eigenvalue weighted by Crippen LogP contribution is 2.30. The molecular formula is C22H32N8O4. The lowest BCUT2D eigenvalue weighted by Gasteiger charge is -2.49. The van der Waals surface area contributed by atoms with Gasteiger partial charge in [-0.2, -0.15) is 4.98 Å². The summed E-state index contributed by atoms with van der Waals surface area (Å²) in [4.78, 5) is 33.6. The Morgan fingerprint density at radius 2 is 2.03 bits per heavy atom. The average Bonchev–Trinajstić information content (AvgIpc) is 2.75. The number of anilines is 3. The molecule has 2 aliphatic heterocycles. The zero-order valence-electron chi connectivity index (χ0n) is 20.0. The number of morpholine rings is 1. The number of rotatable bonds is 5. The number of carbonyl (C=O) groups excluding carboxylic acids is 1. The van der Waals surface area contributed by atoms with Gasteiger partial charge in [-0.05, 0) is 27.7 Å². The summed E-state index contributed by atoms with van der Waals surface area (Å²) in [5.74, 6) is 1.23. The maximum Gasteiger partial charge on any atom is 0.410 e. The molecule has 0 bridgehead atoms. The van der Waals surface area contributed by atoms with Gasteiger partial charge in [0.25, 0.3) is 0 Å². The number of nitrogen functional groups attached to an aromatic ring is 1. The molecular weight excluding hydrogens is 440 g/mol. The summed E-state index contributed by atoms with van der Waals surface area (Å²) in [5, 5.41) is 13.5. The number of aromatic nitrogens is 4. The zero-order valence-corrected chi connectivity index (χ0v) is 20.0. The molecule has 1 atom stereocenters. The lowest BCUT2D eigenvalue weighted by Crippen LogP contribution is -2.69. The Bertz CT molecular complexity index is 1020. The third-order valence-corrected chi connectivity index (χ3v) is 5.64. The molecule has 0 radical (unpaired) electrons. The summed E-state index contributed by atoms with van der Waals surface area (Å²) in [5.41, 5.74) is 5.61. The third-order valence-electron chi connectivity index (χ3n) is 5.64. The summed E-state index contributed by atoms with van der Waals surface area (Å²) in [7, 11) is 0. The van der Waals surface area contributed by atoms with Crippen molar-refractivity contribution in [2.75, 3.05) is 55.4 Å². The maximum absolute atomic E-state index is 12.4. The van der Waals surface area contributed by atoms with Gasteiger partial charge in [0.15, 0.2) is 0 Å². The molecule has 2 aliphatic rings. The summed E-state index contributed by atoms with van der Waals surface area (Å²) in [6.45, 7) is 9.70. The van der Waals surface area contributed by atoms with Crippen LogP contribution in [0.1, 0.15) is 27.7 Å². The Morgan fingerprint density at radius 1 is 1.32 bits per heavy atom. The van der Waals surface area contributed by atoms with Gasteiger partial charge in [-0.1, -0.05) is 0 Å². The summed E-state index contributed by atoms with van der Waals surface area (Å²) >= 11 is 0. The zero-order chi connectivity index (χ0) is 24.5. The van der Waals surface area contributed by atoms with E-state index < -0.39 is 17.2 Å². The minimum Gasteiger partial charge on any atom is -0.444 e. The molecule has 2 aromatic rings. The van der Waals surface area contributed by atoms with Crippen LogP contribution in [0.25, 0.3) is 11.3 Å². The number of hydrogen-bond donors (Lipinski definition) is 3. The van der Waals surface area contributed by atoms with Gasteiger partial charge in [-0.3, -0.25) is 0 Å². The first kappa shape index (κ1) is 23.9. The Hall–Kier alpha value is -3.25. The second kappa shape index (κ2) is 9.18. The number of nitrogens with two attached hydrogens (primary N) is 1. The SMILES string of the molecule is C[C@H]1COCCN1c1nc(NC2(CO)CN(C(=O)OC(C)(C)C)C2)cc(-c2cnc(N)nc2)n1. The number of carbonyl (C=O) groups is 1. The predicted molar refractivity (Wildman–Crippen MR) is 126 cm³/mol. The Balaban J connectivity index is 1.60. The fourth-order valence-electron chi connectivity index (χ4n) is 3.90. The van der Waals surface area contributed by atoms with Crippen molar-refractivity contribution in [2.24, 2.45) is 0 Å². The molecule has 0 saturated carbocycles. The molecule has 34 heavy (non-hydrogen) atoms. The predicted octanol–water partition coefficient (Wildman–Crippen LogP) is 1.13. The van der Waals surface area contributed by atoms with E-state index in [0.29, 0.717) is 42.8 Å². The van der Waals surface area contributed by atoms with Gasteiger partial charge in [-0.15, -0.1) is 0 Å². The van der Waals surface area contributed by atoms with Gasteiger partial charge < -0.3 is 35.4 Å². The van der Waals surface area contributed by atoms with E-state index in [9.17, 15) is 9.90 Å². The van der Waals surface area contributed by atoms with E-state index in [2.05, 4.69) is 27.1 Å². The monoisotopic (exact) mass is 472 g/mol. The molecule has 4 N–H and O–H groups in total. The van der Waals surface area contributed by atoms with Gasteiger partial charge in [-0.25, -0.2) is 19.7 Å². The van der Waals surface area contributed by atoms with Crippen molar-refractivity contribution in [2.45, 2.75) is 44.9 Å². The van der Waals surface area contributed by atoms with Crippen LogP contribution in [0.3, 0.4) is 0 Å². The number of likely N-dealkylation sites (tertiary alicyclic amines) is 1. The van der Waals surface area contributed by atoms with Crippen molar-refractivity contribution in [3.63, 3.8) is 0 Å². The van der Waals surface area contributed by atoms with E-state index in [4.69, 9.17) is 25.2 Å². The number of nitrogens with one attached hydrogen (secondary N) is 1. The van der Waals surface area contributed by atoms with Gasteiger partial charge in [0.1, 0.15) is 11.4 Å². The van der Waals surface area contributed by atoms with E-state index >= 15 is 0 Å². The fraction of sp³-hybridized carbons (Fsp3) is 0.591. The summed E-state index contributed by atoms with van der Waals surface area (Å²) in [6, 6.07) is 1.87. The van der Waals surface area contributed by atoms with Crippen LogP contribution < -0.4 is 16.0 Å². The first-order valence-corrected chi connectivity index (χ1v) is 11.3. The van der Waals surface area contributed by atoms with Crippen molar-refractivity contribution in [1.82, 2.24) is 24.8 Å². The largest absolute Gasteiger partial charge is 0.444 e. The number of ether oxygens (including phenoxy) is 2. The lowest BCUT2D eigenvalue weighted by molar-refractivity contribution is -0.0141. The third kappa shape index (κ3) is 5.28. The lowest BCUT2D eigenvalue weighted by atomic mass is 9.91. The van der Waals surface area contributed by atoms with Gasteiger partial charge >= 0.3 is 6.09 Å². The molecule has 184 valence electrons. The number of aliphatic hydroxyl groups is 1. The molecule has 4 heterocycles. The minimum atomic E-state index is -0.742. The Kier molecular flexibility index (Phi) is 6.45. The standard InChI is InChI=1S/C22H32N8O4/c1-14-10-33-6-5-30(14)19-26-16(15-8-24-18(23)25-9-15)7-17(27-19)28-22(13-31)11-29(12-22)20(32)34-21(2,3)4/h7-9,14,31H,5-6,10-13H2,1-4H3,(H2,23,24,25)(H,26,27,28)/t14-/m0/s1. The first-order valence-electron chi connectivity index (χ1n) is 11.3. The second-order valence-corrected chi connectivity index (χ2v) is 9.79. The molecule has 2 aromatic heterocycles. The molecule has 2 saturated heterocycles. The van der Waals surface area contributed by atoms with Crippen LogP contribution in [0.5, 0.6) is 0 Å². The van der Waals surface area contributed by atoms with Crippen molar-refractivity contribution in [1.29, 1.82) is 0 Å². The average molecular weight is 473 g/mol. The van der Waals surface area contributed by atoms with Crippen molar-refractivity contribution < 1.29 is 19.4 Å². The molecule has 0 unspecified atom stereocenters. The van der Waals surface area contributed by atoms with Crippen LogP contribution in [0, 0.1) is 0 Å². The topological polar surface area (TPSA) is 152 Å². The van der Waals surface area contributed by atoms with Crippen molar-refractivity contribution >= 4 is 23.8 Å². The minimum absolute atomic E-state index is 0.0951. The number of nitrogens with zero attached hydrogens (tertiary/aromatic N) is 6. The van der Waals surface area contributed by atoms with Crippen LogP contribution in [0.4, 0.5) is 22.5 Å². The maximum atomic E-state index is 12.4. The molecule has 12 nitrogen and oxygen atoms in total.